The van der Waals surface area contributed by atoms with E-state index in [4.69, 9.17) is 6.42 Å². The molecule has 2 N–H and O–H groups in total. The van der Waals surface area contributed by atoms with E-state index in [-0.39, 0.29) is 24.0 Å². The van der Waals surface area contributed by atoms with Crippen LogP contribution in [0.3, 0.4) is 0 Å². The summed E-state index contributed by atoms with van der Waals surface area (Å²) in [7, 11) is 1.73. The zero-order chi connectivity index (χ0) is 12.7. The lowest BCUT2D eigenvalue weighted by Crippen LogP contribution is -2.38. The van der Waals surface area contributed by atoms with Crippen LogP contribution in [-0.4, -0.2) is 31.1 Å². The number of nitrogens with one attached hydrogen (secondary N) is 2. The van der Waals surface area contributed by atoms with Gasteiger partial charge in [0.15, 0.2) is 5.96 Å². The van der Waals surface area contributed by atoms with Crippen molar-refractivity contribution in [2.75, 3.05) is 20.1 Å². The zero-order valence-corrected chi connectivity index (χ0v) is 14.1. The minimum Gasteiger partial charge on any atom is -0.356 e. The molecule has 1 rings (SSSR count). The van der Waals surface area contributed by atoms with E-state index in [1.165, 1.54) is 4.88 Å². The van der Waals surface area contributed by atoms with Crippen LogP contribution >= 0.6 is 35.3 Å². The van der Waals surface area contributed by atoms with Crippen LogP contribution in [0.15, 0.2) is 4.99 Å². The van der Waals surface area contributed by atoms with Crippen molar-refractivity contribution in [2.45, 2.75) is 20.3 Å². The summed E-state index contributed by atoms with van der Waals surface area (Å²) in [5, 5.41) is 7.35. The number of guanidine groups is 1. The van der Waals surface area contributed by atoms with Crippen molar-refractivity contribution in [1.82, 2.24) is 15.6 Å². The van der Waals surface area contributed by atoms with E-state index in [0.717, 1.165) is 29.6 Å². The Kier molecular flexibility index (Phi) is 8.75. The van der Waals surface area contributed by atoms with Crippen LogP contribution in [-0.2, 0) is 6.42 Å². The number of halogens is 1. The molecule has 1 aromatic heterocycles. The minimum absolute atomic E-state index is 0. The molecule has 1 heterocycles. The first-order valence-corrected chi connectivity index (χ1v) is 6.30. The fourth-order valence-corrected chi connectivity index (χ4v) is 2.22. The lowest BCUT2D eigenvalue weighted by molar-refractivity contribution is 0.818. The summed E-state index contributed by atoms with van der Waals surface area (Å²) in [6.07, 6.45) is 6.07. The van der Waals surface area contributed by atoms with Crippen LogP contribution < -0.4 is 10.6 Å². The third kappa shape index (κ3) is 5.69. The Morgan fingerprint density at radius 3 is 2.67 bits per heavy atom. The van der Waals surface area contributed by atoms with E-state index < -0.39 is 0 Å². The number of aromatic nitrogens is 1. The maximum atomic E-state index is 5.17. The summed E-state index contributed by atoms with van der Waals surface area (Å²) >= 11 is 1.75. The number of terminal acetylenes is 1. The predicted molar refractivity (Wildman–Crippen MR) is 88.9 cm³/mol. The first kappa shape index (κ1) is 17.2. The molecule has 0 radical (unpaired) electrons. The van der Waals surface area contributed by atoms with Crippen molar-refractivity contribution in [1.29, 1.82) is 0 Å². The van der Waals surface area contributed by atoms with Gasteiger partial charge in [0.2, 0.25) is 0 Å². The van der Waals surface area contributed by atoms with E-state index in [0.29, 0.717) is 6.54 Å². The molecular weight excluding hydrogens is 359 g/mol. The molecular formula is C12H19IN4S. The number of thiazole rings is 1. The SMILES string of the molecule is C#CCNC(=NC)NCCc1nc(C)c(C)s1.I. The molecule has 1 aromatic rings. The molecule has 0 atom stereocenters. The van der Waals surface area contributed by atoms with Crippen molar-refractivity contribution in [3.63, 3.8) is 0 Å². The highest BCUT2D eigenvalue weighted by Crippen LogP contribution is 2.16. The van der Waals surface area contributed by atoms with Gasteiger partial charge in [0, 0.05) is 24.9 Å². The van der Waals surface area contributed by atoms with Gasteiger partial charge in [0.05, 0.1) is 17.2 Å². The van der Waals surface area contributed by atoms with Crippen molar-refractivity contribution in [3.8, 4) is 12.3 Å². The Hall–Kier alpha value is -0.810. The highest BCUT2D eigenvalue weighted by atomic mass is 127. The summed E-state index contributed by atoms with van der Waals surface area (Å²) in [5.41, 5.74) is 1.12. The molecule has 0 aliphatic carbocycles. The third-order valence-electron chi connectivity index (χ3n) is 2.29. The summed E-state index contributed by atoms with van der Waals surface area (Å²) < 4.78 is 0. The molecule has 0 amide bonds. The van der Waals surface area contributed by atoms with Gasteiger partial charge in [0.1, 0.15) is 0 Å². The Bertz CT molecular complexity index is 414. The second-order valence-electron chi connectivity index (χ2n) is 3.56. The van der Waals surface area contributed by atoms with Crippen LogP contribution in [0, 0.1) is 26.2 Å². The lowest BCUT2D eigenvalue weighted by atomic mass is 10.4. The number of hydrogen-bond donors (Lipinski definition) is 2. The molecule has 0 fully saturated rings. The Morgan fingerprint density at radius 2 is 2.17 bits per heavy atom. The van der Waals surface area contributed by atoms with Crippen molar-refractivity contribution < 1.29 is 0 Å². The van der Waals surface area contributed by atoms with Gasteiger partial charge in [-0.1, -0.05) is 5.92 Å². The van der Waals surface area contributed by atoms with Crippen LogP contribution in [0.5, 0.6) is 0 Å². The molecule has 0 saturated heterocycles. The summed E-state index contributed by atoms with van der Waals surface area (Å²) in [5.74, 6) is 3.24. The zero-order valence-electron chi connectivity index (χ0n) is 10.9. The van der Waals surface area contributed by atoms with E-state index in [2.05, 4.69) is 33.5 Å². The van der Waals surface area contributed by atoms with Gasteiger partial charge in [-0.05, 0) is 13.8 Å². The summed E-state index contributed by atoms with van der Waals surface area (Å²) in [6, 6.07) is 0. The largest absolute Gasteiger partial charge is 0.356 e. The van der Waals surface area contributed by atoms with Crippen LogP contribution in [0.25, 0.3) is 0 Å². The number of hydrogen-bond acceptors (Lipinski definition) is 3. The van der Waals surface area contributed by atoms with Gasteiger partial charge < -0.3 is 10.6 Å². The third-order valence-corrected chi connectivity index (χ3v) is 3.42. The molecule has 0 aliphatic rings. The molecule has 100 valence electrons. The molecule has 0 bridgehead atoms. The standard InChI is InChI=1S/C12H18N4S.HI/c1-5-7-14-12(13-4)15-8-6-11-16-9(2)10(3)17-11;/h1H,6-8H2,2-4H3,(H2,13,14,15);1H. The minimum atomic E-state index is 0. The smallest absolute Gasteiger partial charge is 0.191 e. The molecule has 6 heteroatoms. The maximum Gasteiger partial charge on any atom is 0.191 e. The Morgan fingerprint density at radius 1 is 1.44 bits per heavy atom. The highest BCUT2D eigenvalue weighted by Gasteiger charge is 2.03. The van der Waals surface area contributed by atoms with Gasteiger partial charge in [-0.25, -0.2) is 4.98 Å². The molecule has 18 heavy (non-hydrogen) atoms. The fraction of sp³-hybridized carbons (Fsp3) is 0.500. The van der Waals surface area contributed by atoms with E-state index in [9.17, 15) is 0 Å². The maximum absolute atomic E-state index is 5.17. The first-order valence-electron chi connectivity index (χ1n) is 5.48. The average Bonchev–Trinajstić information content (AvgIpc) is 2.63. The number of rotatable bonds is 4. The van der Waals surface area contributed by atoms with Gasteiger partial charge in [0.25, 0.3) is 0 Å². The van der Waals surface area contributed by atoms with Gasteiger partial charge in [-0.3, -0.25) is 4.99 Å². The molecule has 0 unspecified atom stereocenters. The summed E-state index contributed by atoms with van der Waals surface area (Å²) in [6.45, 7) is 5.42. The van der Waals surface area contributed by atoms with Crippen molar-refractivity contribution in [3.05, 3.63) is 15.6 Å². The normalized spacial score (nSPS) is 10.4. The number of aliphatic imine (C=N–C) groups is 1. The topological polar surface area (TPSA) is 49.3 Å². The molecule has 4 nitrogen and oxygen atoms in total. The Labute approximate surface area is 130 Å². The second kappa shape index (κ2) is 9.16. The van der Waals surface area contributed by atoms with Crippen LogP contribution in [0.1, 0.15) is 15.6 Å². The van der Waals surface area contributed by atoms with E-state index in [1.54, 1.807) is 18.4 Å². The second-order valence-corrected chi connectivity index (χ2v) is 4.84. The van der Waals surface area contributed by atoms with Gasteiger partial charge in [-0.15, -0.1) is 41.7 Å². The quantitative estimate of drug-likeness (QED) is 0.363. The monoisotopic (exact) mass is 378 g/mol. The molecule has 0 aromatic carbocycles. The van der Waals surface area contributed by atoms with E-state index >= 15 is 0 Å². The van der Waals surface area contributed by atoms with Gasteiger partial charge >= 0.3 is 0 Å². The van der Waals surface area contributed by atoms with Crippen molar-refractivity contribution in [2.24, 2.45) is 4.99 Å². The predicted octanol–water partition coefficient (Wildman–Crippen LogP) is 1.72. The molecule has 0 spiro atoms. The molecule has 0 aliphatic heterocycles. The lowest BCUT2D eigenvalue weighted by Gasteiger charge is -2.08. The summed E-state index contributed by atoms with van der Waals surface area (Å²) in [4.78, 5) is 9.83. The molecule has 0 saturated carbocycles. The highest BCUT2D eigenvalue weighted by molar-refractivity contribution is 14.0. The van der Waals surface area contributed by atoms with Crippen LogP contribution in [0.2, 0.25) is 0 Å². The van der Waals surface area contributed by atoms with E-state index in [1.807, 2.05) is 6.92 Å². The average molecular weight is 378 g/mol. The van der Waals surface area contributed by atoms with Gasteiger partial charge in [-0.2, -0.15) is 0 Å². The number of nitrogens with zero attached hydrogens (tertiary/aromatic N) is 2. The van der Waals surface area contributed by atoms with Crippen LogP contribution in [0.4, 0.5) is 0 Å². The Balaban J connectivity index is 0.00000289. The fourth-order valence-electron chi connectivity index (χ4n) is 1.29. The first-order chi connectivity index (χ1) is 8.17. The van der Waals surface area contributed by atoms with Crippen molar-refractivity contribution >= 4 is 41.3 Å². The number of aryl methyl sites for hydroxylation is 2.